The van der Waals surface area contributed by atoms with Crippen molar-refractivity contribution in [1.82, 2.24) is 18.7 Å². The highest BCUT2D eigenvalue weighted by Crippen LogP contribution is 2.22. The van der Waals surface area contributed by atoms with Crippen molar-refractivity contribution < 1.29 is 14.3 Å². The third-order valence-corrected chi connectivity index (χ3v) is 5.73. The number of nitrogens with zero attached hydrogens (tertiary/aromatic N) is 4. The molecule has 0 aliphatic rings. The molecule has 1 aromatic carbocycles. The number of esters is 1. The Morgan fingerprint density at radius 1 is 1.16 bits per heavy atom. The average Bonchev–Trinajstić information content (AvgIpc) is 3.14. The number of hydrogen-bond donors (Lipinski definition) is 1. The second-order valence-corrected chi connectivity index (χ2v) is 8.00. The fraction of sp³-hybridized carbons (Fsp3) is 0.381. The van der Waals surface area contributed by atoms with Gasteiger partial charge in [-0.05, 0) is 31.5 Å². The molecule has 2 heterocycles. The van der Waals surface area contributed by atoms with Crippen molar-refractivity contribution >= 4 is 40.5 Å². The van der Waals surface area contributed by atoms with Crippen LogP contribution in [-0.2, 0) is 30.2 Å². The van der Waals surface area contributed by atoms with Gasteiger partial charge in [-0.3, -0.25) is 18.7 Å². The standard InChI is InChI=1S/C21H25N5O5S/c1-5-10-26-16-17(24(3)21(30)25(4)18(16)28)23-20(26)32-12-15(27)22-14-9-7-8-13(11-14)19(29)31-6-2/h7-9,11H,5-6,10,12H2,1-4H3,(H,22,27). The van der Waals surface area contributed by atoms with Crippen LogP contribution in [0.3, 0.4) is 0 Å². The van der Waals surface area contributed by atoms with E-state index in [0.717, 1.165) is 11.0 Å². The zero-order valence-corrected chi connectivity index (χ0v) is 19.2. The fourth-order valence-corrected chi connectivity index (χ4v) is 4.06. The van der Waals surface area contributed by atoms with Gasteiger partial charge in [0.1, 0.15) is 0 Å². The summed E-state index contributed by atoms with van der Waals surface area (Å²) in [5, 5.41) is 3.23. The summed E-state index contributed by atoms with van der Waals surface area (Å²) in [7, 11) is 2.99. The number of fused-ring (bicyclic) bond motifs is 1. The van der Waals surface area contributed by atoms with Crippen LogP contribution in [-0.4, -0.2) is 42.9 Å². The number of hydrogen-bond acceptors (Lipinski definition) is 7. The Morgan fingerprint density at radius 2 is 1.91 bits per heavy atom. The molecule has 1 N–H and O–H groups in total. The van der Waals surface area contributed by atoms with Crippen molar-refractivity contribution in [1.29, 1.82) is 0 Å². The molecule has 170 valence electrons. The summed E-state index contributed by atoms with van der Waals surface area (Å²) in [6, 6.07) is 6.50. The van der Waals surface area contributed by atoms with Gasteiger partial charge >= 0.3 is 11.7 Å². The van der Waals surface area contributed by atoms with Gasteiger partial charge in [-0.25, -0.2) is 14.6 Å². The maximum atomic E-state index is 12.7. The second kappa shape index (κ2) is 9.86. The maximum absolute atomic E-state index is 12.7. The zero-order chi connectivity index (χ0) is 23.4. The number of carbonyl (C=O) groups excluding carboxylic acids is 2. The lowest BCUT2D eigenvalue weighted by Gasteiger charge is -2.09. The first kappa shape index (κ1) is 23.3. The lowest BCUT2D eigenvalue weighted by Crippen LogP contribution is -2.37. The summed E-state index contributed by atoms with van der Waals surface area (Å²) in [4.78, 5) is 53.8. The SMILES string of the molecule is CCCn1c(SCC(=O)Nc2cccc(C(=O)OCC)c2)nc2c1c(=O)n(C)c(=O)n2C. The lowest BCUT2D eigenvalue weighted by atomic mass is 10.2. The molecule has 0 spiro atoms. The first-order chi connectivity index (χ1) is 15.3. The van der Waals surface area contributed by atoms with Crippen molar-refractivity contribution in [3.05, 3.63) is 50.7 Å². The number of thioether (sulfide) groups is 1. The molecule has 3 rings (SSSR count). The summed E-state index contributed by atoms with van der Waals surface area (Å²) in [5.74, 6) is -0.725. The normalized spacial score (nSPS) is 11.0. The topological polar surface area (TPSA) is 117 Å². The van der Waals surface area contributed by atoms with E-state index in [-0.39, 0.29) is 23.9 Å². The Kier molecular flexibility index (Phi) is 7.18. The van der Waals surface area contributed by atoms with E-state index >= 15 is 0 Å². The predicted octanol–water partition coefficient (Wildman–Crippen LogP) is 1.75. The summed E-state index contributed by atoms with van der Waals surface area (Å²) >= 11 is 1.17. The molecular formula is C21H25N5O5S. The van der Waals surface area contributed by atoms with E-state index in [1.54, 1.807) is 42.8 Å². The highest BCUT2D eigenvalue weighted by Gasteiger charge is 2.20. The first-order valence-corrected chi connectivity index (χ1v) is 11.1. The summed E-state index contributed by atoms with van der Waals surface area (Å²) in [6.07, 6.45) is 0.748. The molecule has 0 aliphatic carbocycles. The first-order valence-electron chi connectivity index (χ1n) is 10.1. The Labute approximate surface area is 188 Å². The summed E-state index contributed by atoms with van der Waals surface area (Å²) in [6.45, 7) is 4.48. The number of nitrogens with one attached hydrogen (secondary N) is 1. The molecule has 0 unspecified atom stereocenters. The van der Waals surface area contributed by atoms with Gasteiger partial charge in [-0.2, -0.15) is 0 Å². The van der Waals surface area contributed by atoms with Crippen LogP contribution in [0.2, 0.25) is 0 Å². The molecule has 3 aromatic rings. The van der Waals surface area contributed by atoms with Crippen LogP contribution < -0.4 is 16.6 Å². The summed E-state index contributed by atoms with van der Waals surface area (Å²) in [5.41, 5.74) is 0.562. The van der Waals surface area contributed by atoms with Crippen LogP contribution in [0.1, 0.15) is 30.6 Å². The van der Waals surface area contributed by atoms with Gasteiger partial charge in [0.05, 0.1) is 17.9 Å². The van der Waals surface area contributed by atoms with Crippen LogP contribution in [0.25, 0.3) is 11.2 Å². The Morgan fingerprint density at radius 3 is 2.59 bits per heavy atom. The minimum absolute atomic E-state index is 0.0327. The quantitative estimate of drug-likeness (QED) is 0.403. The predicted molar refractivity (Wildman–Crippen MR) is 122 cm³/mol. The fourth-order valence-electron chi connectivity index (χ4n) is 3.23. The number of amides is 1. The Hall–Kier alpha value is -3.34. The molecular weight excluding hydrogens is 434 g/mol. The molecule has 2 aromatic heterocycles. The van der Waals surface area contributed by atoms with E-state index in [2.05, 4.69) is 10.3 Å². The Bertz CT molecular complexity index is 1290. The van der Waals surface area contributed by atoms with E-state index in [1.807, 2.05) is 6.92 Å². The van der Waals surface area contributed by atoms with Crippen LogP contribution in [0.15, 0.2) is 39.0 Å². The zero-order valence-electron chi connectivity index (χ0n) is 18.4. The average molecular weight is 460 g/mol. The van der Waals surface area contributed by atoms with E-state index in [1.165, 1.54) is 23.4 Å². The molecule has 10 nitrogen and oxygen atoms in total. The molecule has 0 aliphatic heterocycles. The van der Waals surface area contributed by atoms with Crippen LogP contribution in [0.4, 0.5) is 5.69 Å². The molecule has 0 radical (unpaired) electrons. The van der Waals surface area contributed by atoms with E-state index in [4.69, 9.17) is 4.74 Å². The third kappa shape index (κ3) is 4.62. The van der Waals surface area contributed by atoms with Crippen molar-refractivity contribution in [3.63, 3.8) is 0 Å². The van der Waals surface area contributed by atoms with E-state index < -0.39 is 17.2 Å². The number of ether oxygens (including phenoxy) is 1. The molecule has 0 bridgehead atoms. The second-order valence-electron chi connectivity index (χ2n) is 7.06. The number of carbonyl (C=O) groups is 2. The Balaban J connectivity index is 1.82. The largest absolute Gasteiger partial charge is 0.462 e. The highest BCUT2D eigenvalue weighted by atomic mass is 32.2. The third-order valence-electron chi connectivity index (χ3n) is 4.75. The van der Waals surface area contributed by atoms with Gasteiger partial charge in [0.2, 0.25) is 5.91 Å². The van der Waals surface area contributed by atoms with Crippen molar-refractivity contribution in [2.75, 3.05) is 17.7 Å². The minimum Gasteiger partial charge on any atom is -0.462 e. The van der Waals surface area contributed by atoms with Gasteiger partial charge < -0.3 is 14.6 Å². The number of imidazole rings is 1. The number of anilines is 1. The van der Waals surface area contributed by atoms with Crippen molar-refractivity contribution in [3.8, 4) is 0 Å². The molecule has 0 saturated heterocycles. The van der Waals surface area contributed by atoms with Gasteiger partial charge in [-0.1, -0.05) is 24.8 Å². The van der Waals surface area contributed by atoms with E-state index in [0.29, 0.717) is 28.5 Å². The maximum Gasteiger partial charge on any atom is 0.338 e. The number of benzene rings is 1. The molecule has 0 saturated carbocycles. The summed E-state index contributed by atoms with van der Waals surface area (Å²) < 4.78 is 9.10. The molecule has 11 heteroatoms. The lowest BCUT2D eigenvalue weighted by molar-refractivity contribution is -0.113. The highest BCUT2D eigenvalue weighted by molar-refractivity contribution is 7.99. The monoisotopic (exact) mass is 459 g/mol. The minimum atomic E-state index is -0.460. The molecule has 0 fully saturated rings. The van der Waals surface area contributed by atoms with Crippen LogP contribution in [0.5, 0.6) is 0 Å². The van der Waals surface area contributed by atoms with Crippen molar-refractivity contribution in [2.45, 2.75) is 32.0 Å². The van der Waals surface area contributed by atoms with Crippen LogP contribution >= 0.6 is 11.8 Å². The van der Waals surface area contributed by atoms with Gasteiger partial charge in [0.25, 0.3) is 5.56 Å². The van der Waals surface area contributed by atoms with Crippen LogP contribution in [0, 0.1) is 0 Å². The number of aromatic nitrogens is 4. The molecule has 1 amide bonds. The number of rotatable bonds is 8. The smallest absolute Gasteiger partial charge is 0.338 e. The molecule has 0 atom stereocenters. The number of aryl methyl sites for hydroxylation is 2. The molecule has 32 heavy (non-hydrogen) atoms. The van der Waals surface area contributed by atoms with Gasteiger partial charge in [0.15, 0.2) is 16.3 Å². The van der Waals surface area contributed by atoms with Gasteiger partial charge in [0, 0.05) is 26.3 Å². The van der Waals surface area contributed by atoms with E-state index in [9.17, 15) is 19.2 Å². The van der Waals surface area contributed by atoms with Gasteiger partial charge in [-0.15, -0.1) is 0 Å². The van der Waals surface area contributed by atoms with Crippen molar-refractivity contribution in [2.24, 2.45) is 14.1 Å².